The van der Waals surface area contributed by atoms with Crippen molar-refractivity contribution in [3.8, 4) is 0 Å². The number of rotatable bonds is 4. The van der Waals surface area contributed by atoms with E-state index in [1.54, 1.807) is 0 Å². The van der Waals surface area contributed by atoms with Crippen molar-refractivity contribution in [2.45, 2.75) is 57.3 Å². The monoisotopic (exact) mass is 406 g/mol. The van der Waals surface area contributed by atoms with Crippen molar-refractivity contribution in [3.05, 3.63) is 60.7 Å². The summed E-state index contributed by atoms with van der Waals surface area (Å²) in [6.45, 7) is 6.96. The van der Waals surface area contributed by atoms with Crippen molar-refractivity contribution in [2.24, 2.45) is 17.8 Å². The van der Waals surface area contributed by atoms with Gasteiger partial charge in [-0.2, -0.15) is 0 Å². The maximum absolute atomic E-state index is 12.4. The van der Waals surface area contributed by atoms with Crippen molar-refractivity contribution in [3.63, 3.8) is 0 Å². The second-order valence-electron chi connectivity index (χ2n) is 9.96. The molecular formula is C25H30O3Si. The van der Waals surface area contributed by atoms with Gasteiger partial charge < -0.3 is 9.16 Å². The molecule has 2 aliphatic carbocycles. The summed E-state index contributed by atoms with van der Waals surface area (Å²) in [6, 6.07) is 21.6. The van der Waals surface area contributed by atoms with E-state index in [9.17, 15) is 4.79 Å². The summed E-state index contributed by atoms with van der Waals surface area (Å²) in [5.41, 5.74) is 0. The van der Waals surface area contributed by atoms with Crippen LogP contribution in [0.1, 0.15) is 40.0 Å². The molecule has 0 radical (unpaired) electrons. The second kappa shape index (κ2) is 6.81. The van der Waals surface area contributed by atoms with Crippen LogP contribution in [-0.2, 0) is 14.0 Å². The lowest BCUT2D eigenvalue weighted by Gasteiger charge is -2.45. The Morgan fingerprint density at radius 3 is 2.07 bits per heavy atom. The highest BCUT2D eigenvalue weighted by atomic mass is 28.4. The average Bonchev–Trinajstić information content (AvgIpc) is 3.36. The van der Waals surface area contributed by atoms with Gasteiger partial charge in [-0.15, -0.1) is 0 Å². The Morgan fingerprint density at radius 1 is 0.931 bits per heavy atom. The average molecular weight is 407 g/mol. The lowest BCUT2D eigenvalue weighted by molar-refractivity contribution is -0.144. The van der Waals surface area contributed by atoms with Crippen LogP contribution in [-0.4, -0.2) is 26.5 Å². The Hall–Kier alpha value is -1.91. The van der Waals surface area contributed by atoms with Crippen molar-refractivity contribution in [2.75, 3.05) is 0 Å². The maximum Gasteiger partial charge on any atom is 0.309 e. The van der Waals surface area contributed by atoms with Crippen LogP contribution in [0.15, 0.2) is 60.7 Å². The van der Waals surface area contributed by atoms with E-state index in [1.807, 2.05) is 0 Å². The second-order valence-corrected chi connectivity index (χ2v) is 14.2. The van der Waals surface area contributed by atoms with Gasteiger partial charge in [-0.1, -0.05) is 81.4 Å². The molecular weight excluding hydrogens is 376 g/mol. The number of carbonyl (C=O) groups is 1. The predicted molar refractivity (Wildman–Crippen MR) is 117 cm³/mol. The lowest BCUT2D eigenvalue weighted by atomic mass is 9.93. The molecule has 1 heterocycles. The third-order valence-electron chi connectivity index (χ3n) is 7.45. The summed E-state index contributed by atoms with van der Waals surface area (Å²) in [5.74, 6) is 0.859. The molecule has 2 aromatic carbocycles. The van der Waals surface area contributed by atoms with Crippen molar-refractivity contribution < 1.29 is 14.0 Å². The first-order valence-corrected chi connectivity index (χ1v) is 12.8. The number of carbonyl (C=O) groups excluding carboxylic acids is 1. The molecule has 4 heteroatoms. The molecule has 0 aromatic heterocycles. The van der Waals surface area contributed by atoms with E-state index in [-0.39, 0.29) is 29.1 Å². The van der Waals surface area contributed by atoms with Gasteiger partial charge in [-0.3, -0.25) is 4.79 Å². The molecule has 29 heavy (non-hydrogen) atoms. The first-order valence-electron chi connectivity index (χ1n) is 10.9. The van der Waals surface area contributed by atoms with Crippen LogP contribution < -0.4 is 10.4 Å². The smallest absolute Gasteiger partial charge is 0.309 e. The molecule has 3 fully saturated rings. The van der Waals surface area contributed by atoms with Crippen LogP contribution >= 0.6 is 0 Å². The number of ether oxygens (including phenoxy) is 1. The summed E-state index contributed by atoms with van der Waals surface area (Å²) in [4.78, 5) is 12.4. The summed E-state index contributed by atoms with van der Waals surface area (Å²) in [7, 11) is -2.58. The van der Waals surface area contributed by atoms with Crippen LogP contribution in [0.4, 0.5) is 0 Å². The fraction of sp³-hybridized carbons (Fsp3) is 0.480. The molecule has 3 nitrogen and oxygen atoms in total. The first kappa shape index (κ1) is 19.1. The van der Waals surface area contributed by atoms with E-state index < -0.39 is 8.32 Å². The van der Waals surface area contributed by atoms with Gasteiger partial charge in [0.25, 0.3) is 8.32 Å². The summed E-state index contributed by atoms with van der Waals surface area (Å²) >= 11 is 0. The molecule has 152 valence electrons. The largest absolute Gasteiger partial charge is 0.462 e. The summed E-state index contributed by atoms with van der Waals surface area (Å²) in [6.07, 6.45) is 3.19. The third kappa shape index (κ3) is 2.83. The fourth-order valence-electron chi connectivity index (χ4n) is 6.27. The number of hydrogen-bond donors (Lipinski definition) is 0. The van der Waals surface area contributed by atoms with Gasteiger partial charge in [0, 0.05) is 12.0 Å². The number of hydrogen-bond acceptors (Lipinski definition) is 3. The number of esters is 1. The Balaban J connectivity index is 1.61. The Morgan fingerprint density at radius 2 is 1.52 bits per heavy atom. The molecule has 0 N–H and O–H groups in total. The molecule has 1 saturated heterocycles. The van der Waals surface area contributed by atoms with Gasteiger partial charge in [0.1, 0.15) is 6.10 Å². The normalized spacial score (nSPS) is 31.0. The van der Waals surface area contributed by atoms with Crippen molar-refractivity contribution in [1.29, 1.82) is 0 Å². The van der Waals surface area contributed by atoms with Gasteiger partial charge in [-0.05, 0) is 40.6 Å². The first-order chi connectivity index (χ1) is 13.9. The van der Waals surface area contributed by atoms with Crippen molar-refractivity contribution in [1.82, 2.24) is 0 Å². The van der Waals surface area contributed by atoms with E-state index >= 15 is 0 Å². The SMILES string of the molecule is CC(C)(C)[Si](O[C@@H]1C[C@@H]2C(=O)O[C@@H]3CC[C@H]1[C@H]23)(c1ccccc1)c1ccccc1. The minimum atomic E-state index is -2.58. The van der Waals surface area contributed by atoms with E-state index in [1.165, 1.54) is 10.4 Å². The molecule has 5 rings (SSSR count). The topological polar surface area (TPSA) is 35.5 Å². The van der Waals surface area contributed by atoms with Crippen LogP contribution in [0, 0.1) is 17.8 Å². The highest BCUT2D eigenvalue weighted by Crippen LogP contribution is 2.55. The quantitative estimate of drug-likeness (QED) is 0.571. The molecule has 0 amide bonds. The van der Waals surface area contributed by atoms with Gasteiger partial charge in [0.05, 0.1) is 5.92 Å². The lowest BCUT2D eigenvalue weighted by Crippen LogP contribution is -2.68. The standard InChI is InChI=1S/C25H30O3Si/c1-25(2,3)29(17-10-6-4-7-11-17,18-12-8-5-9-13-18)28-22-16-20-23-19(22)14-15-21(23)27-24(20)26/h4-13,19-23H,14-16H2,1-3H3/t19-,20+,21-,22-,23-/m1/s1. The number of benzene rings is 2. The molecule has 5 atom stereocenters. The molecule has 0 bridgehead atoms. The zero-order valence-electron chi connectivity index (χ0n) is 17.5. The summed E-state index contributed by atoms with van der Waals surface area (Å²) < 4.78 is 13.0. The van der Waals surface area contributed by atoms with Gasteiger partial charge in [0.15, 0.2) is 0 Å². The molecule has 1 aliphatic heterocycles. The van der Waals surface area contributed by atoms with E-state index in [0.29, 0.717) is 11.8 Å². The van der Waals surface area contributed by atoms with Gasteiger partial charge >= 0.3 is 5.97 Å². The van der Waals surface area contributed by atoms with Crippen molar-refractivity contribution >= 4 is 24.7 Å². The molecule has 0 unspecified atom stereocenters. The highest BCUT2D eigenvalue weighted by Gasteiger charge is 2.62. The Labute approximate surface area is 174 Å². The van der Waals surface area contributed by atoms with Crippen LogP contribution in [0.5, 0.6) is 0 Å². The maximum atomic E-state index is 12.4. The van der Waals surface area contributed by atoms with Gasteiger partial charge in [-0.25, -0.2) is 0 Å². The third-order valence-corrected chi connectivity index (χ3v) is 12.5. The minimum Gasteiger partial charge on any atom is -0.462 e. The van der Waals surface area contributed by atoms with Crippen LogP contribution in [0.3, 0.4) is 0 Å². The zero-order valence-corrected chi connectivity index (χ0v) is 18.5. The van der Waals surface area contributed by atoms with Gasteiger partial charge in [0.2, 0.25) is 0 Å². The van der Waals surface area contributed by atoms with E-state index in [2.05, 4.69) is 81.4 Å². The zero-order chi connectivity index (χ0) is 20.2. The minimum absolute atomic E-state index is 0.0123. The predicted octanol–water partition coefficient (Wildman–Crippen LogP) is 3.90. The molecule has 0 spiro atoms. The fourth-order valence-corrected chi connectivity index (χ4v) is 11.0. The van der Waals surface area contributed by atoms with Crippen LogP contribution in [0.2, 0.25) is 5.04 Å². The van der Waals surface area contributed by atoms with E-state index in [0.717, 1.165) is 19.3 Å². The molecule has 2 aromatic rings. The van der Waals surface area contributed by atoms with E-state index in [4.69, 9.17) is 9.16 Å². The summed E-state index contributed by atoms with van der Waals surface area (Å²) in [5, 5.41) is 2.59. The Bertz CT molecular complexity index is 850. The highest BCUT2D eigenvalue weighted by molar-refractivity contribution is 6.99. The van der Waals surface area contributed by atoms with Crippen LogP contribution in [0.25, 0.3) is 0 Å². The molecule has 2 saturated carbocycles. The molecule has 3 aliphatic rings. The Kier molecular flexibility index (Phi) is 4.48.